The van der Waals surface area contributed by atoms with Crippen LogP contribution in [0.4, 0.5) is 5.69 Å². The Bertz CT molecular complexity index is 500. The van der Waals surface area contributed by atoms with Crippen LogP contribution in [0.5, 0.6) is 0 Å². The van der Waals surface area contributed by atoms with Crippen molar-refractivity contribution >= 4 is 23.5 Å². The van der Waals surface area contributed by atoms with Gasteiger partial charge in [-0.15, -0.1) is 0 Å². The van der Waals surface area contributed by atoms with E-state index in [9.17, 15) is 14.4 Å². The van der Waals surface area contributed by atoms with Crippen molar-refractivity contribution < 1.29 is 19.5 Å². The van der Waals surface area contributed by atoms with Crippen molar-refractivity contribution in [3.63, 3.8) is 0 Å². The normalized spacial score (nSPS) is 9.85. The summed E-state index contributed by atoms with van der Waals surface area (Å²) < 4.78 is 0. The molecule has 6 nitrogen and oxygen atoms in total. The molecule has 0 atom stereocenters. The highest BCUT2D eigenvalue weighted by atomic mass is 16.4. The molecule has 0 bridgehead atoms. The van der Waals surface area contributed by atoms with Gasteiger partial charge < -0.3 is 15.7 Å². The highest BCUT2D eigenvalue weighted by molar-refractivity contribution is 5.94. The molecule has 108 valence electrons. The molecule has 0 heterocycles. The molecule has 0 saturated carbocycles. The number of carbonyl (C=O) groups is 3. The van der Waals surface area contributed by atoms with Crippen molar-refractivity contribution in [2.75, 3.05) is 11.9 Å². The van der Waals surface area contributed by atoms with Gasteiger partial charge in [0.05, 0.1) is 0 Å². The van der Waals surface area contributed by atoms with E-state index < -0.39 is 18.4 Å². The Labute approximate surface area is 117 Å². The topological polar surface area (TPSA) is 95.5 Å². The zero-order valence-corrected chi connectivity index (χ0v) is 11.3. The van der Waals surface area contributed by atoms with Crippen LogP contribution in [0.25, 0.3) is 0 Å². The number of benzene rings is 1. The number of anilines is 1. The van der Waals surface area contributed by atoms with Gasteiger partial charge in [-0.3, -0.25) is 14.4 Å². The Hall–Kier alpha value is -2.37. The average molecular weight is 278 g/mol. The SMILES string of the molecule is CCc1ccccc1NC(=O)CCC(=O)NCC(=O)O. The molecule has 0 radical (unpaired) electrons. The second-order valence-electron chi connectivity index (χ2n) is 4.23. The first-order chi connectivity index (χ1) is 9.52. The van der Waals surface area contributed by atoms with Gasteiger partial charge in [0.2, 0.25) is 11.8 Å². The molecule has 2 amide bonds. The maximum absolute atomic E-state index is 11.7. The molecule has 6 heteroatoms. The highest BCUT2D eigenvalue weighted by Gasteiger charge is 2.09. The predicted octanol–water partition coefficient (Wildman–Crippen LogP) is 1.17. The van der Waals surface area contributed by atoms with Gasteiger partial charge in [0, 0.05) is 18.5 Å². The van der Waals surface area contributed by atoms with E-state index in [1.807, 2.05) is 25.1 Å². The summed E-state index contributed by atoms with van der Waals surface area (Å²) in [6.07, 6.45) is 0.784. The Morgan fingerprint density at radius 1 is 1.10 bits per heavy atom. The number of para-hydroxylation sites is 1. The number of aryl methyl sites for hydroxylation is 1. The van der Waals surface area contributed by atoms with Crippen LogP contribution < -0.4 is 10.6 Å². The molecule has 0 aromatic heterocycles. The van der Waals surface area contributed by atoms with Gasteiger partial charge in [0.25, 0.3) is 0 Å². The third-order valence-electron chi connectivity index (χ3n) is 2.69. The molecule has 0 fully saturated rings. The van der Waals surface area contributed by atoms with E-state index in [0.717, 1.165) is 17.7 Å². The van der Waals surface area contributed by atoms with E-state index in [4.69, 9.17) is 5.11 Å². The third-order valence-corrected chi connectivity index (χ3v) is 2.69. The zero-order chi connectivity index (χ0) is 15.0. The Balaban J connectivity index is 2.40. The molecular formula is C14H18N2O4. The van der Waals surface area contributed by atoms with Crippen molar-refractivity contribution in [3.8, 4) is 0 Å². The van der Waals surface area contributed by atoms with Crippen LogP contribution in [-0.4, -0.2) is 29.4 Å². The van der Waals surface area contributed by atoms with Crippen LogP contribution in [0.15, 0.2) is 24.3 Å². The summed E-state index contributed by atoms with van der Waals surface area (Å²) in [5.41, 5.74) is 1.77. The minimum atomic E-state index is -1.11. The second-order valence-corrected chi connectivity index (χ2v) is 4.23. The third kappa shape index (κ3) is 5.51. The smallest absolute Gasteiger partial charge is 0.322 e. The van der Waals surface area contributed by atoms with Gasteiger partial charge in [-0.25, -0.2) is 0 Å². The number of carboxylic acid groups (broad SMARTS) is 1. The van der Waals surface area contributed by atoms with Crippen LogP contribution in [-0.2, 0) is 20.8 Å². The van der Waals surface area contributed by atoms with Gasteiger partial charge in [0.15, 0.2) is 0 Å². The Morgan fingerprint density at radius 2 is 1.75 bits per heavy atom. The number of amides is 2. The lowest BCUT2D eigenvalue weighted by atomic mass is 10.1. The van der Waals surface area contributed by atoms with Gasteiger partial charge in [0.1, 0.15) is 6.54 Å². The first-order valence-corrected chi connectivity index (χ1v) is 6.39. The van der Waals surface area contributed by atoms with Crippen LogP contribution in [0.2, 0.25) is 0 Å². The quantitative estimate of drug-likeness (QED) is 0.697. The van der Waals surface area contributed by atoms with Crippen molar-refractivity contribution in [3.05, 3.63) is 29.8 Å². The summed E-state index contributed by atoms with van der Waals surface area (Å²) in [7, 11) is 0. The van der Waals surface area contributed by atoms with E-state index in [1.54, 1.807) is 6.07 Å². The lowest BCUT2D eigenvalue weighted by Gasteiger charge is -2.09. The maximum Gasteiger partial charge on any atom is 0.322 e. The minimum absolute atomic E-state index is 0.0174. The number of hydrogen-bond donors (Lipinski definition) is 3. The predicted molar refractivity (Wildman–Crippen MR) is 74.3 cm³/mol. The fourth-order valence-electron chi connectivity index (χ4n) is 1.65. The monoisotopic (exact) mass is 278 g/mol. The molecule has 0 aliphatic heterocycles. The van der Waals surface area contributed by atoms with Crippen LogP contribution in [0.1, 0.15) is 25.3 Å². The first-order valence-electron chi connectivity index (χ1n) is 6.39. The van der Waals surface area contributed by atoms with E-state index in [0.29, 0.717) is 0 Å². The fourth-order valence-corrected chi connectivity index (χ4v) is 1.65. The lowest BCUT2D eigenvalue weighted by molar-refractivity contribution is -0.138. The van der Waals surface area contributed by atoms with Crippen LogP contribution in [0, 0.1) is 0 Å². The molecule has 3 N–H and O–H groups in total. The zero-order valence-electron chi connectivity index (χ0n) is 11.3. The summed E-state index contributed by atoms with van der Waals surface area (Å²) in [6.45, 7) is 1.56. The maximum atomic E-state index is 11.7. The number of hydrogen-bond acceptors (Lipinski definition) is 3. The molecular weight excluding hydrogens is 260 g/mol. The summed E-state index contributed by atoms with van der Waals surface area (Å²) >= 11 is 0. The highest BCUT2D eigenvalue weighted by Crippen LogP contribution is 2.15. The molecule has 0 aliphatic rings. The van der Waals surface area contributed by atoms with Crippen molar-refractivity contribution in [2.24, 2.45) is 0 Å². The molecule has 1 aromatic rings. The van der Waals surface area contributed by atoms with Gasteiger partial charge in [-0.2, -0.15) is 0 Å². The summed E-state index contributed by atoms with van der Waals surface area (Å²) in [5, 5.41) is 13.4. The van der Waals surface area contributed by atoms with Crippen LogP contribution >= 0.6 is 0 Å². The van der Waals surface area contributed by atoms with E-state index >= 15 is 0 Å². The number of carbonyl (C=O) groups excluding carboxylic acids is 2. The molecule has 0 spiro atoms. The van der Waals surface area contributed by atoms with Gasteiger partial charge in [-0.05, 0) is 18.1 Å². The van der Waals surface area contributed by atoms with E-state index in [-0.39, 0.29) is 18.7 Å². The molecule has 20 heavy (non-hydrogen) atoms. The fraction of sp³-hybridized carbons (Fsp3) is 0.357. The molecule has 0 unspecified atom stereocenters. The van der Waals surface area contributed by atoms with Gasteiger partial charge in [-0.1, -0.05) is 25.1 Å². The molecule has 1 rings (SSSR count). The first kappa shape index (κ1) is 15.7. The van der Waals surface area contributed by atoms with Crippen LogP contribution in [0.3, 0.4) is 0 Å². The summed E-state index contributed by atoms with van der Waals surface area (Å²) in [4.78, 5) is 33.2. The van der Waals surface area contributed by atoms with E-state index in [1.165, 1.54) is 0 Å². The number of aliphatic carboxylic acids is 1. The Kier molecular flexibility index (Phi) is 6.22. The lowest BCUT2D eigenvalue weighted by Crippen LogP contribution is -2.29. The molecule has 0 aliphatic carbocycles. The standard InChI is InChI=1S/C14H18N2O4/c1-2-10-5-3-4-6-11(10)16-13(18)8-7-12(17)15-9-14(19)20/h3-6H,2,7-9H2,1H3,(H,15,17)(H,16,18)(H,19,20). The second kappa shape index (κ2) is 7.93. The largest absolute Gasteiger partial charge is 0.480 e. The summed E-state index contributed by atoms with van der Waals surface area (Å²) in [6, 6.07) is 7.46. The van der Waals surface area contributed by atoms with Crippen molar-refractivity contribution in [1.82, 2.24) is 5.32 Å². The summed E-state index contributed by atoms with van der Waals surface area (Å²) in [5.74, 6) is -1.83. The molecule has 0 saturated heterocycles. The Morgan fingerprint density at radius 3 is 2.40 bits per heavy atom. The number of rotatable bonds is 7. The van der Waals surface area contributed by atoms with Crippen molar-refractivity contribution in [2.45, 2.75) is 26.2 Å². The van der Waals surface area contributed by atoms with E-state index in [2.05, 4.69) is 10.6 Å². The number of carboxylic acids is 1. The number of nitrogens with one attached hydrogen (secondary N) is 2. The molecule has 1 aromatic carbocycles. The van der Waals surface area contributed by atoms with Gasteiger partial charge >= 0.3 is 5.97 Å². The minimum Gasteiger partial charge on any atom is -0.480 e. The average Bonchev–Trinajstić information content (AvgIpc) is 2.43. The van der Waals surface area contributed by atoms with Crippen molar-refractivity contribution in [1.29, 1.82) is 0 Å².